The van der Waals surface area contributed by atoms with E-state index in [1.54, 1.807) is 18.2 Å². The van der Waals surface area contributed by atoms with Gasteiger partial charge in [0.2, 0.25) is 0 Å². The van der Waals surface area contributed by atoms with E-state index in [4.69, 9.17) is 9.47 Å². The smallest absolute Gasteiger partial charge is 0.255 e. The molecule has 0 radical (unpaired) electrons. The Morgan fingerprint density at radius 2 is 1.71 bits per heavy atom. The number of ether oxygens (including phenoxy) is 2. The van der Waals surface area contributed by atoms with Crippen molar-refractivity contribution in [3.05, 3.63) is 52.5 Å². The minimum Gasteiger partial charge on any atom is -0.490 e. The van der Waals surface area contributed by atoms with Gasteiger partial charge in [-0.2, -0.15) is 0 Å². The number of carbonyl (C=O) groups is 1. The maximum absolute atomic E-state index is 12.3. The summed E-state index contributed by atoms with van der Waals surface area (Å²) in [5.74, 6) is 1.14. The quantitative estimate of drug-likeness (QED) is 0.897. The monoisotopic (exact) mass is 347 g/mol. The van der Waals surface area contributed by atoms with Gasteiger partial charge in [-0.3, -0.25) is 4.79 Å². The molecule has 1 amide bonds. The third kappa shape index (κ3) is 3.36. The molecule has 1 aliphatic rings. The van der Waals surface area contributed by atoms with Crippen molar-refractivity contribution in [1.82, 2.24) is 0 Å². The van der Waals surface area contributed by atoms with Crippen molar-refractivity contribution in [3.8, 4) is 11.5 Å². The van der Waals surface area contributed by atoms with E-state index in [2.05, 4.69) is 21.2 Å². The maximum atomic E-state index is 12.3. The highest BCUT2D eigenvalue weighted by atomic mass is 79.9. The number of rotatable bonds is 2. The second kappa shape index (κ2) is 6.18. The Morgan fingerprint density at radius 3 is 2.48 bits per heavy atom. The van der Waals surface area contributed by atoms with E-state index in [-0.39, 0.29) is 5.91 Å². The van der Waals surface area contributed by atoms with Gasteiger partial charge in [-0.1, -0.05) is 15.9 Å². The molecule has 4 nitrogen and oxygen atoms in total. The van der Waals surface area contributed by atoms with Gasteiger partial charge >= 0.3 is 0 Å². The maximum Gasteiger partial charge on any atom is 0.255 e. The minimum atomic E-state index is -0.173. The van der Waals surface area contributed by atoms with E-state index in [0.717, 1.165) is 16.6 Å². The summed E-state index contributed by atoms with van der Waals surface area (Å²) in [6.45, 7) is 1.24. The normalized spacial score (nSPS) is 13.4. The highest BCUT2D eigenvalue weighted by Gasteiger charge is 2.14. The van der Waals surface area contributed by atoms with Crippen LogP contribution in [0.15, 0.2) is 46.9 Å². The summed E-state index contributed by atoms with van der Waals surface area (Å²) in [6, 6.07) is 12.7. The third-order valence-corrected chi connectivity index (χ3v) is 3.64. The van der Waals surface area contributed by atoms with Gasteiger partial charge in [0.05, 0.1) is 13.2 Å². The van der Waals surface area contributed by atoms with E-state index in [1.807, 2.05) is 24.3 Å². The van der Waals surface area contributed by atoms with Gasteiger partial charge in [0, 0.05) is 22.1 Å². The first-order valence-electron chi connectivity index (χ1n) is 6.69. The summed E-state index contributed by atoms with van der Waals surface area (Å²) < 4.78 is 12.1. The number of amides is 1. The van der Waals surface area contributed by atoms with Gasteiger partial charge in [0.25, 0.3) is 5.91 Å². The van der Waals surface area contributed by atoms with Crippen LogP contribution in [0.4, 0.5) is 5.69 Å². The van der Waals surface area contributed by atoms with Crippen LogP contribution in [-0.2, 0) is 0 Å². The van der Waals surface area contributed by atoms with E-state index < -0.39 is 0 Å². The van der Waals surface area contributed by atoms with Crippen molar-refractivity contribution in [2.75, 3.05) is 18.5 Å². The summed E-state index contributed by atoms with van der Waals surface area (Å²) >= 11 is 3.36. The predicted molar refractivity (Wildman–Crippen MR) is 84.1 cm³/mol. The number of hydrogen-bond donors (Lipinski definition) is 1. The molecule has 0 spiro atoms. The average Bonchev–Trinajstić information content (AvgIpc) is 2.74. The van der Waals surface area contributed by atoms with Crippen LogP contribution in [0, 0.1) is 0 Å². The Balaban J connectivity index is 1.78. The summed E-state index contributed by atoms with van der Waals surface area (Å²) in [4.78, 5) is 12.3. The molecular weight excluding hydrogens is 334 g/mol. The van der Waals surface area contributed by atoms with E-state index >= 15 is 0 Å². The molecule has 108 valence electrons. The fourth-order valence-electron chi connectivity index (χ4n) is 2.04. The van der Waals surface area contributed by atoms with Gasteiger partial charge in [0.1, 0.15) is 0 Å². The molecule has 2 aromatic rings. The number of benzene rings is 2. The lowest BCUT2D eigenvalue weighted by molar-refractivity contribution is 0.102. The van der Waals surface area contributed by atoms with Gasteiger partial charge < -0.3 is 14.8 Å². The van der Waals surface area contributed by atoms with Crippen LogP contribution < -0.4 is 14.8 Å². The van der Waals surface area contributed by atoms with Crippen molar-refractivity contribution >= 4 is 27.5 Å². The molecule has 3 rings (SSSR count). The molecule has 1 N–H and O–H groups in total. The Bertz CT molecular complexity index is 655. The topological polar surface area (TPSA) is 47.6 Å². The Kier molecular flexibility index (Phi) is 4.10. The molecule has 0 bridgehead atoms. The fourth-order valence-corrected chi connectivity index (χ4v) is 2.31. The second-order valence-electron chi connectivity index (χ2n) is 4.67. The van der Waals surface area contributed by atoms with Gasteiger partial charge in [0.15, 0.2) is 11.5 Å². The Labute approximate surface area is 131 Å². The molecule has 0 saturated carbocycles. The first-order chi connectivity index (χ1) is 10.2. The van der Waals surface area contributed by atoms with Crippen molar-refractivity contribution < 1.29 is 14.3 Å². The molecule has 21 heavy (non-hydrogen) atoms. The number of hydrogen-bond acceptors (Lipinski definition) is 3. The predicted octanol–water partition coefficient (Wildman–Crippen LogP) is 3.86. The molecule has 0 saturated heterocycles. The lowest BCUT2D eigenvalue weighted by Gasteiger charge is -2.10. The first kappa shape index (κ1) is 13.9. The van der Waals surface area contributed by atoms with Crippen LogP contribution in [0.3, 0.4) is 0 Å². The Hall–Kier alpha value is -2.01. The molecule has 5 heteroatoms. The molecule has 1 aliphatic heterocycles. The summed E-state index contributed by atoms with van der Waals surface area (Å²) in [7, 11) is 0. The number of anilines is 1. The molecule has 0 aromatic heterocycles. The van der Waals surface area contributed by atoms with Crippen LogP contribution in [0.25, 0.3) is 0 Å². The van der Waals surface area contributed by atoms with Crippen LogP contribution in [0.1, 0.15) is 16.8 Å². The van der Waals surface area contributed by atoms with Gasteiger partial charge in [-0.25, -0.2) is 0 Å². The van der Waals surface area contributed by atoms with Gasteiger partial charge in [-0.15, -0.1) is 0 Å². The zero-order valence-corrected chi connectivity index (χ0v) is 12.9. The highest BCUT2D eigenvalue weighted by molar-refractivity contribution is 9.10. The number of halogens is 1. The highest BCUT2D eigenvalue weighted by Crippen LogP contribution is 2.30. The molecule has 0 unspecified atom stereocenters. The number of carbonyl (C=O) groups excluding carboxylic acids is 1. The number of nitrogens with one attached hydrogen (secondary N) is 1. The molecular formula is C16H14BrNO3. The second-order valence-corrected chi connectivity index (χ2v) is 5.59. The molecule has 0 atom stereocenters. The van der Waals surface area contributed by atoms with E-state index in [9.17, 15) is 4.79 Å². The summed E-state index contributed by atoms with van der Waals surface area (Å²) in [6.07, 6.45) is 0.842. The van der Waals surface area contributed by atoms with Crippen molar-refractivity contribution in [2.45, 2.75) is 6.42 Å². The summed E-state index contributed by atoms with van der Waals surface area (Å²) in [5, 5.41) is 2.85. The lowest BCUT2D eigenvalue weighted by atomic mass is 10.2. The standard InChI is InChI=1S/C16H14BrNO3/c17-12-3-5-13(6-4-12)18-16(19)11-2-7-14-15(10-11)21-9-1-8-20-14/h2-7,10H,1,8-9H2,(H,18,19). The van der Waals surface area contributed by atoms with E-state index in [1.165, 1.54) is 0 Å². The van der Waals surface area contributed by atoms with Crippen LogP contribution >= 0.6 is 15.9 Å². The largest absolute Gasteiger partial charge is 0.490 e. The number of fused-ring (bicyclic) bond motifs is 1. The first-order valence-corrected chi connectivity index (χ1v) is 7.48. The van der Waals surface area contributed by atoms with Crippen LogP contribution in [-0.4, -0.2) is 19.1 Å². The zero-order chi connectivity index (χ0) is 14.7. The molecule has 1 heterocycles. The van der Waals surface area contributed by atoms with E-state index in [0.29, 0.717) is 30.3 Å². The fraction of sp³-hybridized carbons (Fsp3) is 0.188. The zero-order valence-electron chi connectivity index (χ0n) is 11.3. The van der Waals surface area contributed by atoms with Crippen molar-refractivity contribution in [1.29, 1.82) is 0 Å². The third-order valence-electron chi connectivity index (χ3n) is 3.11. The lowest BCUT2D eigenvalue weighted by Crippen LogP contribution is -2.12. The summed E-state index contributed by atoms with van der Waals surface area (Å²) in [5.41, 5.74) is 1.29. The minimum absolute atomic E-state index is 0.173. The molecule has 0 aliphatic carbocycles. The van der Waals surface area contributed by atoms with Crippen LogP contribution in [0.5, 0.6) is 11.5 Å². The van der Waals surface area contributed by atoms with Crippen molar-refractivity contribution in [3.63, 3.8) is 0 Å². The molecule has 0 fully saturated rings. The van der Waals surface area contributed by atoms with Crippen LogP contribution in [0.2, 0.25) is 0 Å². The van der Waals surface area contributed by atoms with Crippen molar-refractivity contribution in [2.24, 2.45) is 0 Å². The average molecular weight is 348 g/mol. The van der Waals surface area contributed by atoms with Gasteiger partial charge in [-0.05, 0) is 42.5 Å². The molecule has 2 aromatic carbocycles. The Morgan fingerprint density at radius 1 is 1.00 bits per heavy atom. The SMILES string of the molecule is O=C(Nc1ccc(Br)cc1)c1ccc2c(c1)OCCCO2.